The Hall–Kier alpha value is -2.07. The Kier molecular flexibility index (Phi) is 3.56. The first-order chi connectivity index (χ1) is 9.74. The predicted octanol–water partition coefficient (Wildman–Crippen LogP) is 2.07. The fourth-order valence-corrected chi connectivity index (χ4v) is 2.53. The van der Waals surface area contributed by atoms with Crippen LogP contribution in [0.15, 0.2) is 48.8 Å². The van der Waals surface area contributed by atoms with E-state index in [4.69, 9.17) is 0 Å². The molecule has 1 fully saturated rings. The lowest BCUT2D eigenvalue weighted by atomic mass is 10.1. The van der Waals surface area contributed by atoms with Crippen LogP contribution in [-0.2, 0) is 0 Å². The zero-order valence-corrected chi connectivity index (χ0v) is 11.3. The summed E-state index contributed by atoms with van der Waals surface area (Å²) in [5, 5.41) is 9.48. The van der Waals surface area contributed by atoms with Crippen molar-refractivity contribution < 1.29 is 9.90 Å². The van der Waals surface area contributed by atoms with Gasteiger partial charge in [-0.25, -0.2) is 0 Å². The molecule has 1 N–H and O–H groups in total. The molecule has 1 saturated heterocycles. The molecule has 0 aliphatic carbocycles. The van der Waals surface area contributed by atoms with E-state index in [1.54, 1.807) is 0 Å². The number of nitrogens with zero attached hydrogens (tertiary/aromatic N) is 2. The van der Waals surface area contributed by atoms with E-state index in [0.717, 1.165) is 5.69 Å². The van der Waals surface area contributed by atoms with E-state index in [0.29, 0.717) is 31.5 Å². The maximum Gasteiger partial charge on any atom is 0.253 e. The molecule has 1 aromatic heterocycles. The van der Waals surface area contributed by atoms with Crippen molar-refractivity contribution in [1.82, 2.24) is 9.47 Å². The molecule has 1 aliphatic rings. The summed E-state index contributed by atoms with van der Waals surface area (Å²) < 4.78 is 2.01. The minimum absolute atomic E-state index is 0.0518. The Bertz CT molecular complexity index is 567. The zero-order chi connectivity index (χ0) is 13.9. The van der Waals surface area contributed by atoms with Gasteiger partial charge in [0.2, 0.25) is 0 Å². The quantitative estimate of drug-likeness (QED) is 0.908. The summed E-state index contributed by atoms with van der Waals surface area (Å²) in [7, 11) is 0. The standard InChI is InChI=1S/C16H18N2O2/c19-15-7-11-18(12-8-15)16(20)13-3-5-14(6-4-13)17-9-1-2-10-17/h1-6,9-10,15,19H,7-8,11-12H2. The molecule has 3 rings (SSSR count). The van der Waals surface area contributed by atoms with Crippen LogP contribution < -0.4 is 0 Å². The number of hydrogen-bond donors (Lipinski definition) is 1. The topological polar surface area (TPSA) is 45.5 Å². The molecule has 2 heterocycles. The molecular formula is C16H18N2O2. The molecule has 0 bridgehead atoms. The molecule has 0 saturated carbocycles. The van der Waals surface area contributed by atoms with Crippen molar-refractivity contribution in [2.24, 2.45) is 0 Å². The van der Waals surface area contributed by atoms with Gasteiger partial charge < -0.3 is 14.6 Å². The fraction of sp³-hybridized carbons (Fsp3) is 0.312. The first kappa shape index (κ1) is 12.9. The van der Waals surface area contributed by atoms with Gasteiger partial charge in [0.25, 0.3) is 5.91 Å². The van der Waals surface area contributed by atoms with Gasteiger partial charge in [-0.05, 0) is 49.2 Å². The summed E-state index contributed by atoms with van der Waals surface area (Å²) in [4.78, 5) is 14.2. The van der Waals surface area contributed by atoms with E-state index in [-0.39, 0.29) is 12.0 Å². The van der Waals surface area contributed by atoms with E-state index >= 15 is 0 Å². The van der Waals surface area contributed by atoms with Gasteiger partial charge in [0, 0.05) is 36.7 Å². The lowest BCUT2D eigenvalue weighted by Crippen LogP contribution is -2.40. The number of carbonyl (C=O) groups excluding carboxylic acids is 1. The molecule has 0 spiro atoms. The summed E-state index contributed by atoms with van der Waals surface area (Å²) in [6.45, 7) is 1.28. The number of carbonyl (C=O) groups is 1. The number of hydrogen-bond acceptors (Lipinski definition) is 2. The molecule has 104 valence electrons. The molecule has 4 nitrogen and oxygen atoms in total. The Balaban J connectivity index is 1.73. The van der Waals surface area contributed by atoms with E-state index in [9.17, 15) is 9.90 Å². The van der Waals surface area contributed by atoms with Crippen molar-refractivity contribution in [2.75, 3.05) is 13.1 Å². The predicted molar refractivity (Wildman–Crippen MR) is 76.9 cm³/mol. The highest BCUT2D eigenvalue weighted by atomic mass is 16.3. The summed E-state index contributed by atoms with van der Waals surface area (Å²) >= 11 is 0. The highest BCUT2D eigenvalue weighted by Crippen LogP contribution is 2.15. The Morgan fingerprint density at radius 2 is 1.65 bits per heavy atom. The van der Waals surface area contributed by atoms with Crippen LogP contribution in [0.1, 0.15) is 23.2 Å². The molecule has 1 aliphatic heterocycles. The Morgan fingerprint density at radius 1 is 1.05 bits per heavy atom. The maximum atomic E-state index is 12.3. The van der Waals surface area contributed by atoms with Crippen LogP contribution in [0.25, 0.3) is 5.69 Å². The van der Waals surface area contributed by atoms with Crippen LogP contribution in [0.5, 0.6) is 0 Å². The van der Waals surface area contributed by atoms with Crippen molar-refractivity contribution in [2.45, 2.75) is 18.9 Å². The van der Waals surface area contributed by atoms with Crippen LogP contribution in [-0.4, -0.2) is 39.7 Å². The average molecular weight is 270 g/mol. The van der Waals surface area contributed by atoms with Gasteiger partial charge >= 0.3 is 0 Å². The Labute approximate surface area is 118 Å². The second kappa shape index (κ2) is 5.51. The van der Waals surface area contributed by atoms with Crippen LogP contribution in [0, 0.1) is 0 Å². The zero-order valence-electron chi connectivity index (χ0n) is 11.3. The fourth-order valence-electron chi connectivity index (χ4n) is 2.53. The third-order valence-electron chi connectivity index (χ3n) is 3.77. The first-order valence-corrected chi connectivity index (χ1v) is 6.95. The molecule has 0 unspecified atom stereocenters. The Morgan fingerprint density at radius 3 is 2.25 bits per heavy atom. The number of aliphatic hydroxyl groups excluding tert-OH is 1. The number of likely N-dealkylation sites (tertiary alicyclic amines) is 1. The monoisotopic (exact) mass is 270 g/mol. The second-order valence-electron chi connectivity index (χ2n) is 5.16. The second-order valence-corrected chi connectivity index (χ2v) is 5.16. The first-order valence-electron chi connectivity index (χ1n) is 6.95. The van der Waals surface area contributed by atoms with Gasteiger partial charge in [0.15, 0.2) is 0 Å². The third kappa shape index (κ3) is 2.60. The van der Waals surface area contributed by atoms with Crippen molar-refractivity contribution in [3.05, 3.63) is 54.4 Å². The molecule has 0 radical (unpaired) electrons. The van der Waals surface area contributed by atoms with Crippen LogP contribution in [0.3, 0.4) is 0 Å². The summed E-state index contributed by atoms with van der Waals surface area (Å²) in [5.74, 6) is 0.0518. The maximum absolute atomic E-state index is 12.3. The average Bonchev–Trinajstić information content (AvgIpc) is 3.02. The molecule has 1 amide bonds. The molecule has 2 aromatic rings. The minimum Gasteiger partial charge on any atom is -0.393 e. The number of piperidine rings is 1. The highest BCUT2D eigenvalue weighted by molar-refractivity contribution is 5.94. The number of benzene rings is 1. The number of aromatic nitrogens is 1. The number of amides is 1. The molecule has 4 heteroatoms. The molecular weight excluding hydrogens is 252 g/mol. The summed E-state index contributed by atoms with van der Waals surface area (Å²) in [5.41, 5.74) is 1.75. The van der Waals surface area contributed by atoms with Gasteiger partial charge in [-0.15, -0.1) is 0 Å². The summed E-state index contributed by atoms with van der Waals surface area (Å²) in [6.07, 6.45) is 5.04. The van der Waals surface area contributed by atoms with Gasteiger partial charge in [0.1, 0.15) is 0 Å². The molecule has 1 aromatic carbocycles. The summed E-state index contributed by atoms with van der Waals surface area (Å²) in [6, 6.07) is 11.6. The lowest BCUT2D eigenvalue weighted by molar-refractivity contribution is 0.0546. The molecule has 20 heavy (non-hydrogen) atoms. The van der Waals surface area contributed by atoms with Crippen molar-refractivity contribution in [3.8, 4) is 5.69 Å². The normalized spacial score (nSPS) is 16.4. The third-order valence-corrected chi connectivity index (χ3v) is 3.77. The van der Waals surface area contributed by atoms with Gasteiger partial charge in [0.05, 0.1) is 6.10 Å². The lowest BCUT2D eigenvalue weighted by Gasteiger charge is -2.29. The van der Waals surface area contributed by atoms with E-state index in [1.165, 1.54) is 0 Å². The SMILES string of the molecule is O=C(c1ccc(-n2cccc2)cc1)N1CCC(O)CC1. The van der Waals surface area contributed by atoms with Gasteiger partial charge in [-0.3, -0.25) is 4.79 Å². The minimum atomic E-state index is -0.254. The highest BCUT2D eigenvalue weighted by Gasteiger charge is 2.22. The number of rotatable bonds is 2. The van der Waals surface area contributed by atoms with Crippen molar-refractivity contribution >= 4 is 5.91 Å². The van der Waals surface area contributed by atoms with E-state index in [2.05, 4.69) is 0 Å². The smallest absolute Gasteiger partial charge is 0.253 e. The number of aliphatic hydroxyl groups is 1. The van der Waals surface area contributed by atoms with Crippen LogP contribution in [0.4, 0.5) is 0 Å². The van der Waals surface area contributed by atoms with Crippen LogP contribution in [0.2, 0.25) is 0 Å². The van der Waals surface area contributed by atoms with Crippen molar-refractivity contribution in [1.29, 1.82) is 0 Å². The molecule has 0 atom stereocenters. The van der Waals surface area contributed by atoms with Gasteiger partial charge in [-0.2, -0.15) is 0 Å². The van der Waals surface area contributed by atoms with Crippen LogP contribution >= 0.6 is 0 Å². The van der Waals surface area contributed by atoms with E-state index < -0.39 is 0 Å². The van der Waals surface area contributed by atoms with E-state index in [1.807, 2.05) is 58.3 Å². The van der Waals surface area contributed by atoms with Gasteiger partial charge in [-0.1, -0.05) is 0 Å². The largest absolute Gasteiger partial charge is 0.393 e. The van der Waals surface area contributed by atoms with Crippen molar-refractivity contribution in [3.63, 3.8) is 0 Å².